The van der Waals surface area contributed by atoms with Crippen molar-refractivity contribution in [1.29, 1.82) is 0 Å². The number of carbonyl (C=O) groups excluding carboxylic acids is 2. The second-order valence-electron chi connectivity index (χ2n) is 8.57. The van der Waals surface area contributed by atoms with E-state index >= 15 is 0 Å². The minimum absolute atomic E-state index is 0.0665. The molecule has 9 heteroatoms. The molecule has 0 fully saturated rings. The molecule has 0 spiro atoms. The van der Waals surface area contributed by atoms with Crippen molar-refractivity contribution >= 4 is 51.7 Å². The fourth-order valence-corrected chi connectivity index (χ4v) is 5.25. The lowest BCUT2D eigenvalue weighted by Gasteiger charge is -2.16. The molecule has 4 aromatic carbocycles. The summed E-state index contributed by atoms with van der Waals surface area (Å²) in [4.78, 5) is 38.7. The average molecular weight is 529 g/mol. The monoisotopic (exact) mass is 528 g/mol. The quantitative estimate of drug-likeness (QED) is 0.239. The van der Waals surface area contributed by atoms with Crippen LogP contribution in [0.1, 0.15) is 34.1 Å². The number of carboxylic acids is 1. The zero-order chi connectivity index (χ0) is 26.6. The molecule has 1 heterocycles. The number of hydrogen-bond donors (Lipinski definition) is 3. The fraction of sp³-hybridized carbons (Fsp3) is 0.138. The Balaban J connectivity index is 1.31. The lowest BCUT2D eigenvalue weighted by atomic mass is 9.98. The van der Waals surface area contributed by atoms with Gasteiger partial charge in [-0.05, 0) is 54.3 Å². The maximum atomic E-state index is 13.2. The molecular weight excluding hydrogens is 504 g/mol. The van der Waals surface area contributed by atoms with E-state index in [1.54, 1.807) is 66.7 Å². The van der Waals surface area contributed by atoms with E-state index in [2.05, 4.69) is 10.6 Å². The van der Waals surface area contributed by atoms with Crippen LogP contribution in [-0.4, -0.2) is 34.9 Å². The van der Waals surface area contributed by atoms with Crippen molar-refractivity contribution in [3.8, 4) is 11.5 Å². The van der Waals surface area contributed by atoms with Crippen LogP contribution in [0.5, 0.6) is 11.5 Å². The van der Waals surface area contributed by atoms with Crippen molar-refractivity contribution in [2.24, 2.45) is 0 Å². The number of anilines is 2. The Labute approximate surface area is 223 Å². The molecule has 1 unspecified atom stereocenters. The number of rotatable bonds is 8. The van der Waals surface area contributed by atoms with Crippen molar-refractivity contribution < 1.29 is 29.0 Å². The van der Waals surface area contributed by atoms with Gasteiger partial charge in [0.2, 0.25) is 12.7 Å². The van der Waals surface area contributed by atoms with Gasteiger partial charge in [0.15, 0.2) is 11.5 Å². The van der Waals surface area contributed by atoms with Crippen LogP contribution in [0.4, 0.5) is 11.4 Å². The van der Waals surface area contributed by atoms with E-state index < -0.39 is 11.9 Å². The van der Waals surface area contributed by atoms with Gasteiger partial charge in [-0.15, -0.1) is 11.8 Å². The minimum Gasteiger partial charge on any atom is -0.478 e. The Kier molecular flexibility index (Phi) is 7.19. The second kappa shape index (κ2) is 10.9. The molecule has 2 amide bonds. The van der Waals surface area contributed by atoms with E-state index in [1.165, 1.54) is 17.8 Å². The van der Waals surface area contributed by atoms with Gasteiger partial charge in [-0.2, -0.15) is 0 Å². The average Bonchev–Trinajstić information content (AvgIpc) is 3.39. The highest BCUT2D eigenvalue weighted by Crippen LogP contribution is 2.35. The molecule has 0 saturated heterocycles. The van der Waals surface area contributed by atoms with Gasteiger partial charge in [0.25, 0.3) is 5.91 Å². The zero-order valence-electron chi connectivity index (χ0n) is 20.4. The van der Waals surface area contributed by atoms with Crippen molar-refractivity contribution in [3.05, 3.63) is 90.0 Å². The van der Waals surface area contributed by atoms with Crippen LogP contribution in [0, 0.1) is 0 Å². The number of carboxylic acid groups (broad SMARTS) is 1. The minimum atomic E-state index is -1.10. The number of thioether (sulfide) groups is 1. The lowest BCUT2D eigenvalue weighted by molar-refractivity contribution is -0.115. The Morgan fingerprint density at radius 3 is 2.34 bits per heavy atom. The van der Waals surface area contributed by atoms with Crippen LogP contribution in [0.25, 0.3) is 10.8 Å². The highest BCUT2D eigenvalue weighted by Gasteiger charge is 2.21. The zero-order valence-corrected chi connectivity index (χ0v) is 21.2. The summed E-state index contributed by atoms with van der Waals surface area (Å²) in [6, 6.07) is 22.5. The summed E-state index contributed by atoms with van der Waals surface area (Å²) >= 11 is 1.39. The molecule has 3 N–H and O–H groups in total. The standard InChI is InChI=1S/C29H24N2O6S/c1-2-25(28(33)31-19-12-13-23-24(15-19)37-16-36-23)38-20-9-5-8-18(14-20)30-27(32)21-10-3-6-17-7-4-11-22(26(17)21)29(34)35/h3-15,25H,2,16H2,1H3,(H,30,32)(H,31,33)(H,34,35). The number of ether oxygens (including phenoxy) is 2. The highest BCUT2D eigenvalue weighted by atomic mass is 32.2. The lowest BCUT2D eigenvalue weighted by Crippen LogP contribution is -2.24. The number of fused-ring (bicyclic) bond motifs is 2. The number of amides is 2. The third-order valence-corrected chi connectivity index (χ3v) is 7.41. The van der Waals surface area contributed by atoms with E-state index in [0.717, 1.165) is 4.90 Å². The summed E-state index contributed by atoms with van der Waals surface area (Å²) in [7, 11) is 0. The molecule has 0 radical (unpaired) electrons. The number of carbonyl (C=O) groups is 3. The van der Waals surface area contributed by atoms with E-state index in [1.807, 2.05) is 13.0 Å². The molecule has 4 aromatic rings. The molecular formula is C29H24N2O6S. The molecule has 0 aliphatic carbocycles. The molecule has 38 heavy (non-hydrogen) atoms. The summed E-state index contributed by atoms with van der Waals surface area (Å²) in [6.07, 6.45) is 0.589. The summed E-state index contributed by atoms with van der Waals surface area (Å²) < 4.78 is 10.7. The number of aromatic carboxylic acids is 1. The number of benzene rings is 4. The molecule has 5 rings (SSSR count). The van der Waals surface area contributed by atoms with Crippen LogP contribution in [0.15, 0.2) is 83.8 Å². The topological polar surface area (TPSA) is 114 Å². The smallest absolute Gasteiger partial charge is 0.336 e. The van der Waals surface area contributed by atoms with Gasteiger partial charge in [0, 0.05) is 33.3 Å². The van der Waals surface area contributed by atoms with Crippen molar-refractivity contribution in [2.45, 2.75) is 23.5 Å². The molecule has 1 aliphatic rings. The van der Waals surface area contributed by atoms with Crippen LogP contribution < -0.4 is 20.1 Å². The molecule has 0 aromatic heterocycles. The molecule has 0 bridgehead atoms. The fourth-order valence-electron chi connectivity index (χ4n) is 4.24. The summed E-state index contributed by atoms with van der Waals surface area (Å²) in [5.74, 6) is -0.430. The van der Waals surface area contributed by atoms with Gasteiger partial charge < -0.3 is 25.2 Å². The van der Waals surface area contributed by atoms with Crippen molar-refractivity contribution in [1.82, 2.24) is 0 Å². The Morgan fingerprint density at radius 2 is 1.58 bits per heavy atom. The first-order chi connectivity index (χ1) is 18.4. The van der Waals surface area contributed by atoms with Gasteiger partial charge in [0.1, 0.15) is 0 Å². The predicted octanol–water partition coefficient (Wildman–Crippen LogP) is 6.03. The predicted molar refractivity (Wildman–Crippen MR) is 146 cm³/mol. The van der Waals surface area contributed by atoms with Gasteiger partial charge in [0.05, 0.1) is 10.8 Å². The normalized spacial score (nSPS) is 12.7. The third kappa shape index (κ3) is 5.28. The van der Waals surface area contributed by atoms with Gasteiger partial charge in [-0.3, -0.25) is 9.59 Å². The third-order valence-electron chi connectivity index (χ3n) is 6.05. The summed E-state index contributed by atoms with van der Waals surface area (Å²) in [5, 5.41) is 16.1. The largest absolute Gasteiger partial charge is 0.478 e. The maximum absolute atomic E-state index is 13.2. The first-order valence-electron chi connectivity index (χ1n) is 12.0. The highest BCUT2D eigenvalue weighted by molar-refractivity contribution is 8.00. The van der Waals surface area contributed by atoms with Gasteiger partial charge in [-0.25, -0.2) is 4.79 Å². The first-order valence-corrected chi connectivity index (χ1v) is 12.8. The Morgan fingerprint density at radius 1 is 0.868 bits per heavy atom. The van der Waals surface area contributed by atoms with Crippen LogP contribution in [-0.2, 0) is 4.79 Å². The van der Waals surface area contributed by atoms with E-state index in [9.17, 15) is 19.5 Å². The summed E-state index contributed by atoms with van der Waals surface area (Å²) in [5.41, 5.74) is 1.50. The molecule has 1 atom stereocenters. The Hall–Kier alpha value is -4.50. The van der Waals surface area contributed by atoms with E-state index in [4.69, 9.17) is 9.47 Å². The maximum Gasteiger partial charge on any atom is 0.336 e. The van der Waals surface area contributed by atoms with Crippen LogP contribution in [0.2, 0.25) is 0 Å². The van der Waals surface area contributed by atoms with Crippen molar-refractivity contribution in [2.75, 3.05) is 17.4 Å². The molecule has 8 nitrogen and oxygen atoms in total. The molecule has 0 saturated carbocycles. The van der Waals surface area contributed by atoms with E-state index in [0.29, 0.717) is 40.1 Å². The molecule has 1 aliphatic heterocycles. The number of nitrogens with one attached hydrogen (secondary N) is 2. The molecule has 192 valence electrons. The van der Waals surface area contributed by atoms with Crippen molar-refractivity contribution in [3.63, 3.8) is 0 Å². The van der Waals surface area contributed by atoms with Gasteiger partial charge in [-0.1, -0.05) is 37.3 Å². The van der Waals surface area contributed by atoms with Gasteiger partial charge >= 0.3 is 5.97 Å². The SMILES string of the molecule is CCC(Sc1cccc(NC(=O)c2cccc3cccc(C(=O)O)c23)c1)C(=O)Nc1ccc2c(c1)OCO2. The second-order valence-corrected chi connectivity index (χ2v) is 9.84. The number of hydrogen-bond acceptors (Lipinski definition) is 6. The Bertz CT molecular complexity index is 1550. The summed E-state index contributed by atoms with van der Waals surface area (Å²) in [6.45, 7) is 2.09. The van der Waals surface area contributed by atoms with E-state index in [-0.39, 0.29) is 29.1 Å². The van der Waals surface area contributed by atoms with Crippen LogP contribution in [0.3, 0.4) is 0 Å². The van der Waals surface area contributed by atoms with Crippen LogP contribution >= 0.6 is 11.8 Å². The first kappa shape index (κ1) is 25.2.